The third kappa shape index (κ3) is 3.36. The van der Waals surface area contributed by atoms with Crippen LogP contribution >= 0.6 is 0 Å². The van der Waals surface area contributed by atoms with Crippen LogP contribution in [0.4, 0.5) is 19.3 Å². The topological polar surface area (TPSA) is 61.8 Å². The molecule has 1 aromatic rings. The van der Waals surface area contributed by atoms with E-state index in [0.29, 0.717) is 18.5 Å². The quantitative estimate of drug-likeness (QED) is 0.895. The fourth-order valence-corrected chi connectivity index (χ4v) is 2.11. The van der Waals surface area contributed by atoms with Crippen molar-refractivity contribution in [3.05, 3.63) is 23.8 Å². The van der Waals surface area contributed by atoms with Gasteiger partial charge in [-0.1, -0.05) is 12.1 Å². The van der Waals surface area contributed by atoms with Crippen LogP contribution in [-0.2, 0) is 0 Å². The number of aryl methyl sites for hydroxylation is 1. The monoisotopic (exact) mass is 286 g/mol. The summed E-state index contributed by atoms with van der Waals surface area (Å²) in [6, 6.07) is 4.19. The Bertz CT molecular complexity index is 497. The van der Waals surface area contributed by atoms with E-state index in [-0.39, 0.29) is 18.0 Å². The van der Waals surface area contributed by atoms with E-state index in [4.69, 9.17) is 0 Å². The number of urea groups is 1. The highest BCUT2D eigenvalue weighted by Gasteiger charge is 2.25. The van der Waals surface area contributed by atoms with Crippen LogP contribution in [0.1, 0.15) is 12.0 Å². The molecule has 2 N–H and O–H groups in total. The summed E-state index contributed by atoms with van der Waals surface area (Å²) in [6.45, 7) is -0.597. The summed E-state index contributed by atoms with van der Waals surface area (Å²) >= 11 is 0. The lowest BCUT2D eigenvalue weighted by atomic mass is 10.2. The number of carbonyl (C=O) groups is 1. The van der Waals surface area contributed by atoms with Crippen LogP contribution in [0.3, 0.4) is 0 Å². The molecule has 1 aromatic carbocycles. The number of aliphatic hydroxyl groups is 1. The average Bonchev–Trinajstić information content (AvgIpc) is 2.79. The van der Waals surface area contributed by atoms with E-state index in [0.717, 1.165) is 0 Å². The summed E-state index contributed by atoms with van der Waals surface area (Å²) < 4.78 is 29.1. The van der Waals surface area contributed by atoms with Crippen molar-refractivity contribution >= 4 is 11.7 Å². The van der Waals surface area contributed by atoms with Gasteiger partial charge in [-0.15, -0.1) is 0 Å². The maximum absolute atomic E-state index is 12.3. The van der Waals surface area contributed by atoms with E-state index < -0.39 is 18.7 Å². The average molecular weight is 286 g/mol. The van der Waals surface area contributed by atoms with E-state index in [2.05, 4.69) is 10.1 Å². The highest BCUT2D eigenvalue weighted by Crippen LogP contribution is 2.30. The maximum atomic E-state index is 12.3. The van der Waals surface area contributed by atoms with Gasteiger partial charge in [0.25, 0.3) is 0 Å². The number of amides is 2. The first kappa shape index (κ1) is 14.5. The summed E-state index contributed by atoms with van der Waals surface area (Å²) in [5, 5.41) is 12.0. The lowest BCUT2D eigenvalue weighted by molar-refractivity contribution is -0.0493. The summed E-state index contributed by atoms with van der Waals surface area (Å²) in [4.78, 5) is 13.4. The Kier molecular flexibility index (Phi) is 4.39. The van der Waals surface area contributed by atoms with Crippen molar-refractivity contribution in [2.24, 2.45) is 0 Å². The molecule has 0 bridgehead atoms. The van der Waals surface area contributed by atoms with Gasteiger partial charge < -0.3 is 20.1 Å². The molecule has 1 unspecified atom stereocenters. The molecule has 20 heavy (non-hydrogen) atoms. The van der Waals surface area contributed by atoms with Gasteiger partial charge in [0.15, 0.2) is 0 Å². The number of nitrogens with zero attached hydrogens (tertiary/aromatic N) is 1. The molecule has 1 fully saturated rings. The van der Waals surface area contributed by atoms with Crippen LogP contribution in [0.25, 0.3) is 0 Å². The Morgan fingerprint density at radius 3 is 2.90 bits per heavy atom. The highest BCUT2D eigenvalue weighted by molar-refractivity contribution is 5.92. The molecule has 1 heterocycles. The fraction of sp³-hybridized carbons (Fsp3) is 0.462. The van der Waals surface area contributed by atoms with Crippen LogP contribution in [0, 0.1) is 6.92 Å². The second kappa shape index (κ2) is 6.04. The number of likely N-dealkylation sites (tertiary alicyclic amines) is 1. The predicted octanol–water partition coefficient (Wildman–Crippen LogP) is 2.19. The molecule has 0 spiro atoms. The lowest BCUT2D eigenvalue weighted by Crippen LogP contribution is -2.34. The highest BCUT2D eigenvalue weighted by atomic mass is 19.3. The Hall–Kier alpha value is -1.89. The van der Waals surface area contributed by atoms with Crippen molar-refractivity contribution in [1.82, 2.24) is 4.90 Å². The van der Waals surface area contributed by atoms with E-state index in [9.17, 15) is 18.7 Å². The Balaban J connectivity index is 2.13. The first-order valence-electron chi connectivity index (χ1n) is 6.26. The van der Waals surface area contributed by atoms with Gasteiger partial charge in [0.2, 0.25) is 0 Å². The number of rotatable bonds is 3. The number of alkyl halides is 2. The summed E-state index contributed by atoms with van der Waals surface area (Å²) in [6.07, 6.45) is -0.0175. The van der Waals surface area contributed by atoms with E-state index >= 15 is 0 Å². The van der Waals surface area contributed by atoms with Gasteiger partial charge in [0.1, 0.15) is 5.75 Å². The second-order valence-corrected chi connectivity index (χ2v) is 4.65. The molecule has 2 amide bonds. The molecule has 0 aliphatic carbocycles. The van der Waals surface area contributed by atoms with Gasteiger partial charge in [0, 0.05) is 13.1 Å². The maximum Gasteiger partial charge on any atom is 0.387 e. The van der Waals surface area contributed by atoms with Crippen LogP contribution in [0.2, 0.25) is 0 Å². The molecular weight excluding hydrogens is 270 g/mol. The number of carbonyl (C=O) groups excluding carboxylic acids is 1. The number of ether oxygens (including phenoxy) is 1. The van der Waals surface area contributed by atoms with E-state index in [1.807, 2.05) is 0 Å². The van der Waals surface area contributed by atoms with Crippen molar-refractivity contribution in [2.75, 3.05) is 18.4 Å². The van der Waals surface area contributed by atoms with Crippen LogP contribution in [-0.4, -0.2) is 41.8 Å². The zero-order valence-electron chi connectivity index (χ0n) is 11.0. The first-order valence-corrected chi connectivity index (χ1v) is 6.26. The molecule has 1 aliphatic rings. The van der Waals surface area contributed by atoms with Crippen molar-refractivity contribution in [2.45, 2.75) is 26.1 Å². The van der Waals surface area contributed by atoms with Gasteiger partial charge in [-0.05, 0) is 25.0 Å². The molecule has 5 nitrogen and oxygen atoms in total. The normalized spacial score (nSPS) is 18.4. The minimum atomic E-state index is -2.96. The lowest BCUT2D eigenvalue weighted by Gasteiger charge is -2.19. The minimum Gasteiger partial charge on any atom is -0.433 e. The van der Waals surface area contributed by atoms with Gasteiger partial charge >= 0.3 is 12.6 Å². The molecule has 110 valence electrons. The van der Waals surface area contributed by atoms with Crippen molar-refractivity contribution in [3.63, 3.8) is 0 Å². The van der Waals surface area contributed by atoms with Crippen LogP contribution in [0.5, 0.6) is 5.75 Å². The van der Waals surface area contributed by atoms with Crippen LogP contribution < -0.4 is 10.1 Å². The fourth-order valence-electron chi connectivity index (χ4n) is 2.11. The van der Waals surface area contributed by atoms with Gasteiger partial charge in [0.05, 0.1) is 11.8 Å². The number of aliphatic hydroxyl groups excluding tert-OH is 1. The molecule has 0 saturated carbocycles. The summed E-state index contributed by atoms with van der Waals surface area (Å²) in [5.74, 6) is -0.0758. The molecule has 1 atom stereocenters. The zero-order chi connectivity index (χ0) is 14.7. The second-order valence-electron chi connectivity index (χ2n) is 4.65. The number of hydrogen-bond donors (Lipinski definition) is 2. The zero-order valence-corrected chi connectivity index (χ0v) is 11.0. The number of para-hydroxylation sites is 1. The minimum absolute atomic E-state index is 0.0758. The predicted molar refractivity (Wildman–Crippen MR) is 69.0 cm³/mol. The SMILES string of the molecule is Cc1cccc(OC(F)F)c1NC(=O)N1CCC(O)C1. The summed E-state index contributed by atoms with van der Waals surface area (Å²) in [7, 11) is 0. The number of hydrogen-bond acceptors (Lipinski definition) is 3. The molecular formula is C13H16F2N2O3. The molecule has 2 rings (SSSR count). The number of benzene rings is 1. The Morgan fingerprint density at radius 2 is 2.30 bits per heavy atom. The first-order chi connectivity index (χ1) is 9.47. The van der Waals surface area contributed by atoms with Crippen LogP contribution in [0.15, 0.2) is 18.2 Å². The summed E-state index contributed by atoms with van der Waals surface area (Å²) in [5.41, 5.74) is 0.843. The van der Waals surface area contributed by atoms with Crippen molar-refractivity contribution in [1.29, 1.82) is 0 Å². The smallest absolute Gasteiger partial charge is 0.387 e. The molecule has 1 saturated heterocycles. The standard InChI is InChI=1S/C13H16F2N2O3/c1-8-3-2-4-10(20-12(14)15)11(8)16-13(19)17-6-5-9(18)7-17/h2-4,9,12,18H,5-7H2,1H3,(H,16,19). The number of halogens is 2. The van der Waals surface area contributed by atoms with Gasteiger partial charge in [-0.25, -0.2) is 4.79 Å². The Labute approximate surface area is 115 Å². The number of nitrogens with one attached hydrogen (secondary N) is 1. The molecule has 1 aliphatic heterocycles. The molecule has 0 aromatic heterocycles. The van der Waals surface area contributed by atoms with E-state index in [1.54, 1.807) is 19.1 Å². The van der Waals surface area contributed by atoms with Crippen molar-refractivity contribution < 1.29 is 23.4 Å². The molecule has 7 heteroatoms. The molecule has 0 radical (unpaired) electrons. The van der Waals surface area contributed by atoms with E-state index in [1.165, 1.54) is 11.0 Å². The van der Waals surface area contributed by atoms with Gasteiger partial charge in [-0.3, -0.25) is 0 Å². The Morgan fingerprint density at radius 1 is 1.55 bits per heavy atom. The van der Waals surface area contributed by atoms with Crippen molar-refractivity contribution in [3.8, 4) is 5.75 Å². The number of anilines is 1. The number of β-amino-alcohol motifs (C(OH)–C–C–N with tert-alkyl or cyclic N) is 1. The largest absolute Gasteiger partial charge is 0.433 e. The third-order valence-electron chi connectivity index (χ3n) is 3.13. The van der Waals surface area contributed by atoms with Gasteiger partial charge in [-0.2, -0.15) is 8.78 Å². The third-order valence-corrected chi connectivity index (χ3v) is 3.13.